The van der Waals surface area contributed by atoms with Gasteiger partial charge in [0.1, 0.15) is 41.4 Å². The van der Waals surface area contributed by atoms with Crippen molar-refractivity contribution in [3.63, 3.8) is 0 Å². The lowest BCUT2D eigenvalue weighted by Gasteiger charge is -2.32. The molecule has 0 unspecified atom stereocenters. The number of rotatable bonds is 8. The lowest BCUT2D eigenvalue weighted by molar-refractivity contribution is -0.141. The highest BCUT2D eigenvalue weighted by Gasteiger charge is 2.62. The van der Waals surface area contributed by atoms with Crippen LogP contribution < -0.4 is 15.4 Å². The second-order valence-electron chi connectivity index (χ2n) is 15.0. The van der Waals surface area contributed by atoms with Gasteiger partial charge in [-0.1, -0.05) is 6.07 Å². The van der Waals surface area contributed by atoms with E-state index in [0.717, 1.165) is 6.07 Å². The van der Waals surface area contributed by atoms with Gasteiger partial charge in [0.25, 0.3) is 5.92 Å². The zero-order chi connectivity index (χ0) is 41.0. The number of carbonyl (C=O) groups is 1. The standard InChI is InChI=1S/C37H33F10N7O2S/c1-2-54(18-6-9-52(15-18)32(55)23-12-35(23,40)41)31-20-10-22(36(42,43)44)26(19-4-5-24(39)29-25(19)21(13-48)30(49)57-29)27(37(45,46)47)28(20)50-33(51-31)56-16-34-7-3-8-53(34)14-17(38)11-34/h4-5,10,17-18,23H,2-3,6-9,11-12,14-16,49H2,1H3/t17-,18+,23-,34+/m1/s1. The van der Waals surface area contributed by atoms with Crippen LogP contribution in [0, 0.1) is 23.1 Å². The van der Waals surface area contributed by atoms with Crippen LogP contribution in [0.25, 0.3) is 32.1 Å². The molecule has 1 saturated carbocycles. The monoisotopic (exact) mass is 829 g/mol. The normalized spacial score (nSPS) is 24.7. The molecule has 3 saturated heterocycles. The number of amides is 1. The van der Waals surface area contributed by atoms with Gasteiger partial charge >= 0.3 is 18.4 Å². The second kappa shape index (κ2) is 13.5. The average molecular weight is 830 g/mol. The largest absolute Gasteiger partial charge is 0.461 e. The van der Waals surface area contributed by atoms with Crippen molar-refractivity contribution in [2.45, 2.75) is 75.1 Å². The first-order valence-corrected chi connectivity index (χ1v) is 19.0. The van der Waals surface area contributed by atoms with Gasteiger partial charge in [0.2, 0.25) is 5.91 Å². The number of likely N-dealkylation sites (N-methyl/N-ethyl adjacent to an activating group) is 1. The molecule has 2 N–H and O–H groups in total. The molecule has 8 rings (SSSR count). The van der Waals surface area contributed by atoms with Crippen molar-refractivity contribution in [2.24, 2.45) is 5.92 Å². The van der Waals surface area contributed by atoms with Gasteiger partial charge < -0.3 is 20.3 Å². The van der Waals surface area contributed by atoms with Crippen molar-refractivity contribution in [1.29, 1.82) is 5.26 Å². The molecule has 1 amide bonds. The number of alkyl halides is 9. The Morgan fingerprint density at radius 1 is 1.12 bits per heavy atom. The maximum Gasteiger partial charge on any atom is 0.419 e. The van der Waals surface area contributed by atoms with Gasteiger partial charge in [-0.15, -0.1) is 11.3 Å². The van der Waals surface area contributed by atoms with Crippen LogP contribution in [0.3, 0.4) is 0 Å². The lowest BCUT2D eigenvalue weighted by atomic mass is 9.88. The van der Waals surface area contributed by atoms with Gasteiger partial charge in [0.15, 0.2) is 0 Å². The number of carbonyl (C=O) groups excluding carboxylic acids is 1. The zero-order valence-electron chi connectivity index (χ0n) is 30.0. The molecule has 2 aromatic carbocycles. The smallest absolute Gasteiger partial charge is 0.419 e. The quantitative estimate of drug-likeness (QED) is 0.177. The minimum Gasteiger partial charge on any atom is -0.461 e. The number of thiophene rings is 1. The van der Waals surface area contributed by atoms with E-state index in [1.54, 1.807) is 13.0 Å². The Kier molecular flexibility index (Phi) is 9.26. The van der Waals surface area contributed by atoms with Crippen LogP contribution >= 0.6 is 11.3 Å². The molecule has 0 radical (unpaired) electrons. The molecule has 9 nitrogen and oxygen atoms in total. The number of hydrogen-bond acceptors (Lipinski definition) is 9. The summed E-state index contributed by atoms with van der Waals surface area (Å²) < 4.78 is 156. The van der Waals surface area contributed by atoms with E-state index >= 15 is 30.7 Å². The molecule has 4 aliphatic rings. The Bertz CT molecular complexity index is 2340. The van der Waals surface area contributed by atoms with Gasteiger partial charge in [0.05, 0.1) is 32.4 Å². The highest BCUT2D eigenvalue weighted by Crippen LogP contribution is 2.53. The SMILES string of the molecule is CCN(c1nc(OC[C@@]23CCCN2C[C@H](F)C3)nc2c(C(F)(F)F)c(-c3ccc(F)c4sc(N)c(C#N)c34)c(C(F)(F)F)cc12)[C@H]1CCN(C(=O)[C@H]2CC2(F)F)C1. The van der Waals surface area contributed by atoms with Crippen LogP contribution in [0.2, 0.25) is 0 Å². The van der Waals surface area contributed by atoms with Crippen LogP contribution in [-0.2, 0) is 17.1 Å². The van der Waals surface area contributed by atoms with E-state index in [1.165, 1.54) is 9.80 Å². The third kappa shape index (κ3) is 6.54. The number of nitrogens with two attached hydrogens (primary N) is 1. The summed E-state index contributed by atoms with van der Waals surface area (Å²) in [6, 6.07) is 2.12. The highest BCUT2D eigenvalue weighted by atomic mass is 32.1. The minimum atomic E-state index is -5.58. The Morgan fingerprint density at radius 3 is 2.51 bits per heavy atom. The molecular formula is C37H33F10N7O2S. The fourth-order valence-corrected chi connectivity index (χ4v) is 9.88. The summed E-state index contributed by atoms with van der Waals surface area (Å²) in [5.74, 6) is -6.92. The van der Waals surface area contributed by atoms with E-state index in [0.29, 0.717) is 42.9 Å². The first kappa shape index (κ1) is 39.2. The lowest BCUT2D eigenvalue weighted by Crippen LogP contribution is -2.43. The maximum absolute atomic E-state index is 15.7. The van der Waals surface area contributed by atoms with Crippen LogP contribution in [0.4, 0.5) is 54.7 Å². The third-order valence-corrected chi connectivity index (χ3v) is 12.6. The Balaban J connectivity index is 1.36. The van der Waals surface area contributed by atoms with E-state index < -0.39 is 121 Å². The number of hydrogen-bond donors (Lipinski definition) is 1. The predicted molar refractivity (Wildman–Crippen MR) is 189 cm³/mol. The topological polar surface area (TPSA) is 112 Å². The van der Waals surface area contributed by atoms with Crippen LogP contribution in [0.1, 0.15) is 55.7 Å². The van der Waals surface area contributed by atoms with Gasteiger partial charge in [-0.25, -0.2) is 17.6 Å². The Morgan fingerprint density at radius 2 is 1.86 bits per heavy atom. The van der Waals surface area contributed by atoms with Gasteiger partial charge in [0, 0.05) is 61.4 Å². The molecule has 4 fully saturated rings. The summed E-state index contributed by atoms with van der Waals surface area (Å²) in [5, 5.41) is 8.32. The summed E-state index contributed by atoms with van der Waals surface area (Å²) in [4.78, 5) is 25.9. The number of aromatic nitrogens is 2. The zero-order valence-corrected chi connectivity index (χ0v) is 30.8. The molecule has 4 atom stereocenters. The number of nitrogens with zero attached hydrogens (tertiary/aromatic N) is 6. The number of benzene rings is 2. The van der Waals surface area contributed by atoms with Gasteiger partial charge in [-0.05, 0) is 50.4 Å². The van der Waals surface area contributed by atoms with Crippen LogP contribution in [-0.4, -0.2) is 88.7 Å². The number of anilines is 2. The van der Waals surface area contributed by atoms with Crippen molar-refractivity contribution in [3.05, 3.63) is 40.7 Å². The summed E-state index contributed by atoms with van der Waals surface area (Å²) in [7, 11) is 0. The first-order chi connectivity index (χ1) is 26.8. The molecule has 0 bridgehead atoms. The number of ether oxygens (including phenoxy) is 1. The molecule has 57 heavy (non-hydrogen) atoms. The maximum atomic E-state index is 15.7. The first-order valence-electron chi connectivity index (χ1n) is 18.2. The fraction of sp³-hybridized carbons (Fsp3) is 0.514. The average Bonchev–Trinajstić information content (AvgIpc) is 3.61. The molecular weight excluding hydrogens is 797 g/mol. The molecule has 1 aliphatic carbocycles. The molecule has 0 spiro atoms. The summed E-state index contributed by atoms with van der Waals surface area (Å²) in [6.45, 7) is 1.74. The summed E-state index contributed by atoms with van der Waals surface area (Å²) >= 11 is 0.494. The highest BCUT2D eigenvalue weighted by molar-refractivity contribution is 7.23. The molecule has 2 aromatic heterocycles. The number of fused-ring (bicyclic) bond motifs is 3. The van der Waals surface area contributed by atoms with Crippen molar-refractivity contribution in [2.75, 3.05) is 50.0 Å². The van der Waals surface area contributed by atoms with Crippen molar-refractivity contribution in [1.82, 2.24) is 19.8 Å². The summed E-state index contributed by atoms with van der Waals surface area (Å²) in [5.41, 5.74) is -2.31. The molecule has 304 valence electrons. The van der Waals surface area contributed by atoms with Crippen molar-refractivity contribution < 1.29 is 53.4 Å². The van der Waals surface area contributed by atoms with Crippen LogP contribution in [0.5, 0.6) is 6.01 Å². The molecule has 5 heterocycles. The second-order valence-corrected chi connectivity index (χ2v) is 16.1. The molecule has 3 aliphatic heterocycles. The van der Waals surface area contributed by atoms with E-state index in [9.17, 15) is 23.2 Å². The fourth-order valence-electron chi connectivity index (χ4n) is 8.93. The van der Waals surface area contributed by atoms with E-state index in [1.807, 2.05) is 4.90 Å². The Labute approximate surface area is 322 Å². The van der Waals surface area contributed by atoms with Gasteiger partial charge in [-0.2, -0.15) is 41.6 Å². The number of likely N-dealkylation sites (tertiary alicyclic amines) is 1. The van der Waals surface area contributed by atoms with Crippen molar-refractivity contribution in [3.8, 4) is 23.2 Å². The van der Waals surface area contributed by atoms with Crippen molar-refractivity contribution >= 4 is 49.1 Å². The van der Waals surface area contributed by atoms with E-state index in [4.69, 9.17) is 10.5 Å². The predicted octanol–water partition coefficient (Wildman–Crippen LogP) is 8.18. The minimum absolute atomic E-state index is 0.000973. The Hall–Kier alpha value is -4.64. The van der Waals surface area contributed by atoms with Crippen LogP contribution in [0.15, 0.2) is 18.2 Å². The number of nitrogen functional groups attached to an aromatic ring is 1. The number of nitriles is 1. The third-order valence-electron chi connectivity index (χ3n) is 11.6. The molecule has 4 aromatic rings. The van der Waals surface area contributed by atoms with E-state index in [-0.39, 0.29) is 50.6 Å². The summed E-state index contributed by atoms with van der Waals surface area (Å²) in [6.07, 6.45) is -11.5. The van der Waals surface area contributed by atoms with Gasteiger partial charge in [-0.3, -0.25) is 9.69 Å². The molecule has 20 heteroatoms. The van der Waals surface area contributed by atoms with E-state index in [2.05, 4.69) is 9.97 Å². The number of halogens is 10.